The van der Waals surface area contributed by atoms with E-state index in [1.54, 1.807) is 60.3 Å². The van der Waals surface area contributed by atoms with E-state index in [-0.39, 0.29) is 24.7 Å². The first-order chi connectivity index (χ1) is 20.6. The van der Waals surface area contributed by atoms with Crippen LogP contribution < -0.4 is 10.2 Å². The molecule has 1 saturated heterocycles. The van der Waals surface area contributed by atoms with Crippen molar-refractivity contribution in [2.75, 3.05) is 23.3 Å². The van der Waals surface area contributed by atoms with Crippen molar-refractivity contribution in [2.45, 2.75) is 12.5 Å². The second-order valence-corrected chi connectivity index (χ2v) is 10.9. The normalized spacial score (nSPS) is 14.4. The molecule has 0 bridgehead atoms. The minimum Gasteiger partial charge on any atom is -0.324 e. The lowest BCUT2D eigenvalue weighted by atomic mass is 10.0. The number of anilines is 2. The molecule has 5 aromatic rings. The van der Waals surface area contributed by atoms with E-state index in [0.29, 0.717) is 27.6 Å². The van der Waals surface area contributed by atoms with Gasteiger partial charge >= 0.3 is 0 Å². The highest BCUT2D eigenvalue weighted by atomic mass is 35.5. The number of nitrogens with one attached hydrogen (secondary N) is 1. The van der Waals surface area contributed by atoms with E-state index >= 15 is 0 Å². The van der Waals surface area contributed by atoms with E-state index in [9.17, 15) is 18.8 Å². The molecule has 1 fully saturated rings. The molecule has 14 heteroatoms. The lowest BCUT2D eigenvalue weighted by Gasteiger charge is -2.38. The van der Waals surface area contributed by atoms with E-state index in [4.69, 9.17) is 23.2 Å². The maximum Gasteiger partial charge on any atom is 0.247 e. The molecule has 1 aliphatic rings. The number of fused-ring (bicyclic) bond motifs is 1. The smallest absolute Gasteiger partial charge is 0.247 e. The third kappa shape index (κ3) is 5.92. The fourth-order valence-corrected chi connectivity index (χ4v) is 5.34. The van der Waals surface area contributed by atoms with Gasteiger partial charge in [-0.3, -0.25) is 24.0 Å². The third-order valence-corrected chi connectivity index (χ3v) is 7.48. The first-order valence-electron chi connectivity index (χ1n) is 13.1. The summed E-state index contributed by atoms with van der Waals surface area (Å²) in [6.07, 6.45) is 3.34. The number of aromatic nitrogens is 5. The second-order valence-electron chi connectivity index (χ2n) is 10.0. The molecule has 1 N–H and O–H groups in total. The van der Waals surface area contributed by atoms with Crippen molar-refractivity contribution in [1.29, 1.82) is 0 Å². The molecule has 3 heterocycles. The van der Waals surface area contributed by atoms with Crippen LogP contribution in [-0.4, -0.2) is 66.5 Å². The van der Waals surface area contributed by atoms with Crippen LogP contribution in [0.25, 0.3) is 16.6 Å². The summed E-state index contributed by atoms with van der Waals surface area (Å²) in [4.78, 5) is 43.6. The van der Waals surface area contributed by atoms with Gasteiger partial charge in [0.2, 0.25) is 17.7 Å². The van der Waals surface area contributed by atoms with Gasteiger partial charge in [0, 0.05) is 35.8 Å². The Morgan fingerprint density at radius 1 is 0.977 bits per heavy atom. The van der Waals surface area contributed by atoms with Crippen molar-refractivity contribution >= 4 is 63.2 Å². The number of rotatable bonds is 7. The van der Waals surface area contributed by atoms with Gasteiger partial charge in [0.1, 0.15) is 24.9 Å². The van der Waals surface area contributed by atoms with Gasteiger partial charge in [-0.25, -0.2) is 9.07 Å². The molecule has 3 aromatic carbocycles. The lowest BCUT2D eigenvalue weighted by molar-refractivity contribution is -0.143. The zero-order valence-corrected chi connectivity index (χ0v) is 24.1. The van der Waals surface area contributed by atoms with Crippen molar-refractivity contribution in [3.63, 3.8) is 0 Å². The molecule has 1 atom stereocenters. The van der Waals surface area contributed by atoms with E-state index < -0.39 is 29.6 Å². The first-order valence-corrected chi connectivity index (χ1v) is 13.9. The Morgan fingerprint density at radius 2 is 1.77 bits per heavy atom. The number of aryl methyl sites for hydroxylation is 1. The number of carbonyl (C=O) groups is 3. The van der Waals surface area contributed by atoms with Crippen LogP contribution in [0.4, 0.5) is 15.8 Å². The zero-order chi connectivity index (χ0) is 30.2. The van der Waals surface area contributed by atoms with Crippen LogP contribution >= 0.6 is 23.2 Å². The topological polar surface area (TPSA) is 118 Å². The summed E-state index contributed by atoms with van der Waals surface area (Å²) in [5.74, 6) is -1.83. The number of carbonyl (C=O) groups excluding carboxylic acids is 3. The Morgan fingerprint density at radius 3 is 2.51 bits per heavy atom. The van der Waals surface area contributed by atoms with Crippen LogP contribution in [0.3, 0.4) is 0 Å². The Labute approximate surface area is 254 Å². The van der Waals surface area contributed by atoms with Gasteiger partial charge in [0.25, 0.3) is 0 Å². The van der Waals surface area contributed by atoms with Gasteiger partial charge in [-0.05, 0) is 54.1 Å². The Balaban J connectivity index is 1.29. The van der Waals surface area contributed by atoms with E-state index in [1.807, 2.05) is 6.20 Å². The lowest BCUT2D eigenvalue weighted by Crippen LogP contribution is -2.60. The summed E-state index contributed by atoms with van der Waals surface area (Å²) in [6, 6.07) is 14.6. The summed E-state index contributed by atoms with van der Waals surface area (Å²) in [5, 5.41) is 16.3. The maximum absolute atomic E-state index is 13.7. The van der Waals surface area contributed by atoms with Crippen LogP contribution in [0.1, 0.15) is 5.56 Å². The molecule has 0 unspecified atom stereocenters. The third-order valence-electron chi connectivity index (χ3n) is 7.07. The molecule has 11 nitrogen and oxygen atoms in total. The van der Waals surface area contributed by atoms with Crippen molar-refractivity contribution in [3.05, 3.63) is 94.6 Å². The molecule has 6 rings (SSSR count). The number of piperazine rings is 1. The average molecular weight is 621 g/mol. The minimum atomic E-state index is -1.07. The molecule has 1 aliphatic heterocycles. The standard InChI is InChI=1S/C29H23Cl2FN8O3/c1-37-13-18-11-21(7-8-22(18)35-37)33-29(43)25(10-17-2-5-20(32)6-3-17)39-16-27(41)38(15-28(39)42)24-12-19(30)4-9-23(24)40-14-26(31)34-36-40/h2-9,11-14,25H,10,15-16H2,1H3,(H,33,43)/t25-/m0/s1. The number of hydrogen-bond donors (Lipinski definition) is 1. The monoisotopic (exact) mass is 620 g/mol. The number of amides is 3. The molecule has 2 aromatic heterocycles. The zero-order valence-electron chi connectivity index (χ0n) is 22.6. The SMILES string of the molecule is Cn1cc2cc(NC(=O)[C@H](Cc3ccc(F)cc3)N3CC(=O)N(c4cc(Cl)ccc4-n4cc(Cl)nn4)CC3=O)ccc2n1. The Hall–Kier alpha value is -4.81. The maximum atomic E-state index is 13.7. The molecule has 0 aliphatic carbocycles. The van der Waals surface area contributed by atoms with Crippen molar-refractivity contribution in [2.24, 2.45) is 7.05 Å². The summed E-state index contributed by atoms with van der Waals surface area (Å²) in [5.41, 5.74) is 2.64. The molecule has 218 valence electrons. The summed E-state index contributed by atoms with van der Waals surface area (Å²) in [7, 11) is 1.80. The molecule has 0 radical (unpaired) electrons. The van der Waals surface area contributed by atoms with E-state index in [1.165, 1.54) is 32.8 Å². The van der Waals surface area contributed by atoms with Crippen LogP contribution in [0.15, 0.2) is 73.1 Å². The van der Waals surface area contributed by atoms with Gasteiger partial charge in [0.05, 0.1) is 23.1 Å². The van der Waals surface area contributed by atoms with Gasteiger partial charge in [0.15, 0.2) is 5.15 Å². The fraction of sp³-hybridized carbons (Fsp3) is 0.172. The number of benzene rings is 3. The molecular weight excluding hydrogens is 598 g/mol. The van der Waals surface area contributed by atoms with Crippen molar-refractivity contribution in [1.82, 2.24) is 29.7 Å². The predicted octanol–water partition coefficient (Wildman–Crippen LogP) is 4.03. The van der Waals surface area contributed by atoms with Gasteiger partial charge < -0.3 is 10.2 Å². The quantitative estimate of drug-likeness (QED) is 0.294. The van der Waals surface area contributed by atoms with Crippen LogP contribution in [0.5, 0.6) is 0 Å². The van der Waals surface area contributed by atoms with Crippen LogP contribution in [0, 0.1) is 5.82 Å². The number of hydrogen-bond acceptors (Lipinski definition) is 6. The molecular formula is C29H23Cl2FN8O3. The summed E-state index contributed by atoms with van der Waals surface area (Å²) in [6.45, 7) is -0.743. The van der Waals surface area contributed by atoms with Gasteiger partial charge in [-0.15, -0.1) is 5.10 Å². The highest BCUT2D eigenvalue weighted by Gasteiger charge is 2.39. The van der Waals surface area contributed by atoms with Gasteiger partial charge in [-0.2, -0.15) is 5.10 Å². The van der Waals surface area contributed by atoms with E-state index in [0.717, 1.165) is 10.9 Å². The second kappa shape index (κ2) is 11.5. The van der Waals surface area contributed by atoms with Gasteiger partial charge in [-0.1, -0.05) is 40.5 Å². The Bertz CT molecular complexity index is 1870. The van der Waals surface area contributed by atoms with Crippen LogP contribution in [0.2, 0.25) is 10.2 Å². The Kier molecular flexibility index (Phi) is 7.55. The molecule has 0 spiro atoms. The predicted molar refractivity (Wildman–Crippen MR) is 159 cm³/mol. The van der Waals surface area contributed by atoms with E-state index in [2.05, 4.69) is 20.7 Å². The minimum absolute atomic E-state index is 0.0557. The highest BCUT2D eigenvalue weighted by Crippen LogP contribution is 2.30. The molecule has 3 amide bonds. The highest BCUT2D eigenvalue weighted by molar-refractivity contribution is 6.31. The average Bonchev–Trinajstić information content (AvgIpc) is 3.57. The van der Waals surface area contributed by atoms with Crippen molar-refractivity contribution in [3.8, 4) is 5.69 Å². The number of nitrogens with zero attached hydrogens (tertiary/aromatic N) is 7. The summed E-state index contributed by atoms with van der Waals surface area (Å²) < 4.78 is 16.7. The van der Waals surface area contributed by atoms with Crippen molar-refractivity contribution < 1.29 is 18.8 Å². The van der Waals surface area contributed by atoms with Crippen LogP contribution in [-0.2, 0) is 27.9 Å². The molecule has 43 heavy (non-hydrogen) atoms. The fourth-order valence-electron chi connectivity index (χ4n) is 5.05. The largest absolute Gasteiger partial charge is 0.324 e. The molecule has 0 saturated carbocycles. The first kappa shape index (κ1) is 28.3. The number of halogens is 3. The summed E-state index contributed by atoms with van der Waals surface area (Å²) >= 11 is 12.2.